The molecule has 0 radical (unpaired) electrons. The Hall–Kier alpha value is -1.91. The zero-order valence-corrected chi connectivity index (χ0v) is 12.3. The highest BCUT2D eigenvalue weighted by atomic mass is 19.1. The zero-order valence-electron chi connectivity index (χ0n) is 12.3. The second-order valence-electron chi connectivity index (χ2n) is 5.60. The Kier molecular flexibility index (Phi) is 4.60. The summed E-state index contributed by atoms with van der Waals surface area (Å²) in [5, 5.41) is 2.87. The Labute approximate surface area is 123 Å². The molecule has 0 aliphatic heterocycles. The molecule has 1 aromatic rings. The highest BCUT2D eigenvalue weighted by Gasteiger charge is 2.45. The van der Waals surface area contributed by atoms with E-state index >= 15 is 0 Å². The van der Waals surface area contributed by atoms with Gasteiger partial charge in [-0.1, -0.05) is 18.6 Å². The number of rotatable bonds is 5. The minimum absolute atomic E-state index is 0.100. The molecular weight excluding hydrogens is 273 g/mol. The topological polar surface area (TPSA) is 55.4 Å². The van der Waals surface area contributed by atoms with Crippen molar-refractivity contribution in [3.8, 4) is 0 Å². The molecule has 0 spiro atoms. The van der Waals surface area contributed by atoms with E-state index in [4.69, 9.17) is 0 Å². The number of carbonyl (C=O) groups excluding carboxylic acids is 2. The van der Waals surface area contributed by atoms with Gasteiger partial charge in [0.1, 0.15) is 5.82 Å². The van der Waals surface area contributed by atoms with Gasteiger partial charge in [0, 0.05) is 6.04 Å². The summed E-state index contributed by atoms with van der Waals surface area (Å²) in [5.41, 5.74) is 0.246. The summed E-state index contributed by atoms with van der Waals surface area (Å²) in [6.45, 7) is 1.77. The Balaban J connectivity index is 2.08. The van der Waals surface area contributed by atoms with Crippen molar-refractivity contribution < 1.29 is 18.7 Å². The van der Waals surface area contributed by atoms with Crippen LogP contribution in [0.15, 0.2) is 24.3 Å². The van der Waals surface area contributed by atoms with Gasteiger partial charge in [0.15, 0.2) is 0 Å². The lowest BCUT2D eigenvalue weighted by atomic mass is 9.63. The fraction of sp³-hybridized carbons (Fsp3) is 0.500. The number of esters is 1. The molecule has 5 heteroatoms. The van der Waals surface area contributed by atoms with E-state index in [1.807, 2.05) is 0 Å². The van der Waals surface area contributed by atoms with Crippen LogP contribution in [0.1, 0.15) is 38.2 Å². The number of benzene rings is 1. The van der Waals surface area contributed by atoms with Crippen molar-refractivity contribution in [2.24, 2.45) is 0 Å². The quantitative estimate of drug-likeness (QED) is 0.848. The van der Waals surface area contributed by atoms with Crippen molar-refractivity contribution in [1.82, 2.24) is 5.32 Å². The Morgan fingerprint density at radius 1 is 1.33 bits per heavy atom. The maximum atomic E-state index is 13.0. The van der Waals surface area contributed by atoms with Crippen molar-refractivity contribution in [2.75, 3.05) is 7.11 Å². The molecule has 21 heavy (non-hydrogen) atoms. The zero-order chi connectivity index (χ0) is 15.5. The molecular formula is C16H20FNO3. The molecule has 1 saturated carbocycles. The lowest BCUT2D eigenvalue weighted by Gasteiger charge is -2.41. The predicted molar refractivity (Wildman–Crippen MR) is 76.2 cm³/mol. The van der Waals surface area contributed by atoms with Gasteiger partial charge < -0.3 is 10.1 Å². The highest BCUT2D eigenvalue weighted by molar-refractivity contribution is 5.89. The van der Waals surface area contributed by atoms with E-state index < -0.39 is 5.41 Å². The molecule has 1 unspecified atom stereocenters. The summed E-state index contributed by atoms with van der Waals surface area (Å²) < 4.78 is 17.6. The first kappa shape index (κ1) is 15.5. The van der Waals surface area contributed by atoms with E-state index in [1.54, 1.807) is 19.1 Å². The van der Waals surface area contributed by atoms with Crippen LogP contribution in [0.25, 0.3) is 0 Å². The Morgan fingerprint density at radius 2 is 1.95 bits per heavy atom. The minimum Gasteiger partial charge on any atom is -0.469 e. The second kappa shape index (κ2) is 6.24. The van der Waals surface area contributed by atoms with Crippen LogP contribution in [0.5, 0.6) is 0 Å². The normalized spacial score (nSPS) is 17.5. The van der Waals surface area contributed by atoms with Crippen molar-refractivity contribution >= 4 is 11.9 Å². The highest BCUT2D eigenvalue weighted by Crippen LogP contribution is 2.44. The smallest absolute Gasteiger partial charge is 0.307 e. The number of amides is 1. The summed E-state index contributed by atoms with van der Waals surface area (Å²) in [7, 11) is 1.32. The number of methoxy groups -OCH3 is 1. The monoisotopic (exact) mass is 293 g/mol. The molecule has 0 bridgehead atoms. The first-order valence-electron chi connectivity index (χ1n) is 7.12. The first-order valence-corrected chi connectivity index (χ1v) is 7.12. The van der Waals surface area contributed by atoms with Gasteiger partial charge in [-0.2, -0.15) is 0 Å². The van der Waals surface area contributed by atoms with Crippen LogP contribution in [0, 0.1) is 5.82 Å². The maximum Gasteiger partial charge on any atom is 0.307 e. The first-order chi connectivity index (χ1) is 9.98. The molecule has 1 atom stereocenters. The lowest BCUT2D eigenvalue weighted by Crippen LogP contribution is -2.51. The summed E-state index contributed by atoms with van der Waals surface area (Å²) >= 11 is 0. The van der Waals surface area contributed by atoms with Gasteiger partial charge in [-0.3, -0.25) is 9.59 Å². The third-order valence-corrected chi connectivity index (χ3v) is 4.12. The average Bonchev–Trinajstić information content (AvgIpc) is 2.39. The third-order valence-electron chi connectivity index (χ3n) is 4.12. The van der Waals surface area contributed by atoms with E-state index in [1.165, 1.54) is 19.2 Å². The van der Waals surface area contributed by atoms with Crippen LogP contribution in [0.4, 0.5) is 4.39 Å². The molecule has 4 nitrogen and oxygen atoms in total. The summed E-state index contributed by atoms with van der Waals surface area (Å²) in [4.78, 5) is 23.8. The van der Waals surface area contributed by atoms with Gasteiger partial charge in [0.25, 0.3) is 0 Å². The van der Waals surface area contributed by atoms with Crippen LogP contribution in [0.2, 0.25) is 0 Å². The van der Waals surface area contributed by atoms with Crippen LogP contribution in [-0.4, -0.2) is 25.0 Å². The van der Waals surface area contributed by atoms with Gasteiger partial charge >= 0.3 is 5.97 Å². The van der Waals surface area contributed by atoms with E-state index in [-0.39, 0.29) is 30.2 Å². The largest absolute Gasteiger partial charge is 0.469 e. The molecule has 1 aromatic carbocycles. The Bertz CT molecular complexity index is 523. The molecule has 1 N–H and O–H groups in total. The van der Waals surface area contributed by atoms with Crippen molar-refractivity contribution in [3.63, 3.8) is 0 Å². The Morgan fingerprint density at radius 3 is 2.43 bits per heavy atom. The molecule has 0 heterocycles. The molecule has 2 rings (SSSR count). The SMILES string of the molecule is COC(=O)CC(C)NC(=O)C1(c2ccc(F)cc2)CCC1. The fourth-order valence-corrected chi connectivity index (χ4v) is 2.69. The number of nitrogens with one attached hydrogen (secondary N) is 1. The van der Waals surface area contributed by atoms with Crippen molar-refractivity contribution in [2.45, 2.75) is 44.1 Å². The number of carbonyl (C=O) groups is 2. The van der Waals surface area contributed by atoms with Gasteiger partial charge in [-0.05, 0) is 37.5 Å². The van der Waals surface area contributed by atoms with E-state index in [9.17, 15) is 14.0 Å². The second-order valence-corrected chi connectivity index (χ2v) is 5.60. The summed E-state index contributed by atoms with van der Waals surface area (Å²) in [6.07, 6.45) is 2.60. The third kappa shape index (κ3) is 3.23. The average molecular weight is 293 g/mol. The van der Waals surface area contributed by atoms with Gasteiger partial charge in [-0.15, -0.1) is 0 Å². The van der Waals surface area contributed by atoms with Gasteiger partial charge in [-0.25, -0.2) is 4.39 Å². The molecule has 1 aliphatic carbocycles. The molecule has 1 aliphatic rings. The standard InChI is InChI=1S/C16H20FNO3/c1-11(10-14(19)21-2)18-15(20)16(8-3-9-16)12-4-6-13(17)7-5-12/h4-7,11H,3,8-10H2,1-2H3,(H,18,20). The summed E-state index contributed by atoms with van der Waals surface area (Å²) in [5.74, 6) is -0.767. The van der Waals surface area contributed by atoms with Crippen LogP contribution in [0.3, 0.4) is 0 Å². The van der Waals surface area contributed by atoms with Gasteiger partial charge in [0.05, 0.1) is 18.9 Å². The van der Waals surface area contributed by atoms with E-state index in [0.29, 0.717) is 0 Å². The van der Waals surface area contributed by atoms with E-state index in [2.05, 4.69) is 10.1 Å². The lowest BCUT2D eigenvalue weighted by molar-refractivity contribution is -0.141. The maximum absolute atomic E-state index is 13.0. The molecule has 1 fully saturated rings. The van der Waals surface area contributed by atoms with Crippen molar-refractivity contribution in [3.05, 3.63) is 35.6 Å². The molecule has 1 amide bonds. The van der Waals surface area contributed by atoms with Crippen LogP contribution >= 0.6 is 0 Å². The number of ether oxygens (including phenoxy) is 1. The minimum atomic E-state index is -0.585. The molecule has 114 valence electrons. The number of hydrogen-bond acceptors (Lipinski definition) is 3. The van der Waals surface area contributed by atoms with Crippen LogP contribution < -0.4 is 5.32 Å². The number of halogens is 1. The molecule has 0 saturated heterocycles. The van der Waals surface area contributed by atoms with Gasteiger partial charge in [0.2, 0.25) is 5.91 Å². The predicted octanol–water partition coefficient (Wildman–Crippen LogP) is 2.32. The van der Waals surface area contributed by atoms with Crippen molar-refractivity contribution in [1.29, 1.82) is 0 Å². The molecule has 0 aromatic heterocycles. The number of hydrogen-bond donors (Lipinski definition) is 1. The van der Waals surface area contributed by atoms with Crippen LogP contribution in [-0.2, 0) is 19.7 Å². The van der Waals surface area contributed by atoms with E-state index in [0.717, 1.165) is 24.8 Å². The summed E-state index contributed by atoms with van der Waals surface area (Å²) in [6, 6.07) is 5.79. The fourth-order valence-electron chi connectivity index (χ4n) is 2.69.